The summed E-state index contributed by atoms with van der Waals surface area (Å²) in [6.07, 6.45) is 1.88. The lowest BCUT2D eigenvalue weighted by Crippen LogP contribution is -2.37. The van der Waals surface area contributed by atoms with Crippen molar-refractivity contribution in [3.63, 3.8) is 0 Å². The zero-order chi connectivity index (χ0) is 21.5. The molecule has 7 heteroatoms. The molecule has 0 atom stereocenters. The number of nitrogens with zero attached hydrogens (tertiary/aromatic N) is 2. The van der Waals surface area contributed by atoms with Gasteiger partial charge in [0.25, 0.3) is 5.91 Å². The molecule has 0 saturated carbocycles. The number of benzene rings is 2. The number of fused-ring (bicyclic) bond motifs is 1. The summed E-state index contributed by atoms with van der Waals surface area (Å²) in [5.41, 5.74) is 1.31. The Labute approximate surface area is 182 Å². The monoisotopic (exact) mass is 430 g/mol. The molecule has 6 nitrogen and oxygen atoms in total. The standard InChI is InChI=1S/C23H27ClN2O4/c1-25-11-5-6-12-26(22(27)15-17-7-3-4-8-20(17)29-2)13-14-30-21-10-9-18(24)16-19(21)23(25)28/h3-4,7-10,16H,5-6,11-15H2,1-2H3. The van der Waals surface area contributed by atoms with Crippen molar-refractivity contribution < 1.29 is 19.1 Å². The van der Waals surface area contributed by atoms with Crippen LogP contribution < -0.4 is 9.47 Å². The molecule has 160 valence electrons. The Morgan fingerprint density at radius 1 is 1.13 bits per heavy atom. The minimum atomic E-state index is -0.114. The molecule has 2 aromatic rings. The fourth-order valence-corrected chi connectivity index (χ4v) is 3.68. The Kier molecular flexibility index (Phi) is 7.57. The number of rotatable bonds is 3. The molecule has 1 aliphatic rings. The number of hydrogen-bond donors (Lipinski definition) is 0. The molecule has 0 saturated heterocycles. The highest BCUT2D eigenvalue weighted by molar-refractivity contribution is 6.31. The number of carbonyl (C=O) groups is 2. The fourth-order valence-electron chi connectivity index (χ4n) is 3.50. The highest BCUT2D eigenvalue weighted by Crippen LogP contribution is 2.25. The van der Waals surface area contributed by atoms with Crippen molar-refractivity contribution in [3.8, 4) is 11.5 Å². The SMILES string of the molecule is COc1ccccc1CC(=O)N1CCCCN(C)C(=O)c2cc(Cl)ccc2OCC1. The molecule has 0 radical (unpaired) electrons. The zero-order valence-electron chi connectivity index (χ0n) is 17.4. The molecular formula is C23H27ClN2O4. The Hall–Kier alpha value is -2.73. The van der Waals surface area contributed by atoms with E-state index >= 15 is 0 Å². The maximum Gasteiger partial charge on any atom is 0.257 e. The molecule has 1 heterocycles. The van der Waals surface area contributed by atoms with E-state index in [4.69, 9.17) is 21.1 Å². The first kappa shape index (κ1) is 22.0. The Bertz CT molecular complexity index is 903. The summed E-state index contributed by atoms with van der Waals surface area (Å²) < 4.78 is 11.3. The predicted molar refractivity (Wildman–Crippen MR) is 116 cm³/mol. The smallest absolute Gasteiger partial charge is 0.257 e. The summed E-state index contributed by atoms with van der Waals surface area (Å²) in [6, 6.07) is 12.6. The number of methoxy groups -OCH3 is 1. The van der Waals surface area contributed by atoms with Gasteiger partial charge in [-0.2, -0.15) is 0 Å². The van der Waals surface area contributed by atoms with Gasteiger partial charge in [-0.3, -0.25) is 9.59 Å². The summed E-state index contributed by atoms with van der Waals surface area (Å²) >= 11 is 6.09. The maximum atomic E-state index is 13.0. The summed E-state index contributed by atoms with van der Waals surface area (Å²) in [5.74, 6) is 1.11. The lowest BCUT2D eigenvalue weighted by molar-refractivity contribution is -0.131. The van der Waals surface area contributed by atoms with Crippen LogP contribution in [-0.4, -0.2) is 62.0 Å². The van der Waals surface area contributed by atoms with E-state index in [9.17, 15) is 9.59 Å². The summed E-state index contributed by atoms with van der Waals surface area (Å²) in [4.78, 5) is 29.2. The molecule has 3 rings (SSSR count). The largest absolute Gasteiger partial charge is 0.496 e. The Morgan fingerprint density at radius 2 is 1.90 bits per heavy atom. The van der Waals surface area contributed by atoms with E-state index in [0.29, 0.717) is 48.3 Å². The Morgan fingerprint density at radius 3 is 2.70 bits per heavy atom. The van der Waals surface area contributed by atoms with Gasteiger partial charge in [-0.1, -0.05) is 29.8 Å². The molecule has 0 aliphatic carbocycles. The topological polar surface area (TPSA) is 59.1 Å². The molecule has 2 aromatic carbocycles. The molecule has 0 fully saturated rings. The third-order valence-electron chi connectivity index (χ3n) is 5.20. The van der Waals surface area contributed by atoms with E-state index in [1.807, 2.05) is 29.2 Å². The number of halogens is 1. The number of para-hydroxylation sites is 1. The summed E-state index contributed by atoms with van der Waals surface area (Å²) in [7, 11) is 3.37. The molecule has 0 unspecified atom stereocenters. The fraction of sp³-hybridized carbons (Fsp3) is 0.391. The molecule has 0 N–H and O–H groups in total. The van der Waals surface area contributed by atoms with Gasteiger partial charge in [0.05, 0.1) is 25.6 Å². The second-order valence-electron chi connectivity index (χ2n) is 7.29. The molecule has 0 bridgehead atoms. The van der Waals surface area contributed by atoms with Crippen molar-refractivity contribution in [2.75, 3.05) is 40.4 Å². The number of carbonyl (C=O) groups excluding carboxylic acids is 2. The lowest BCUT2D eigenvalue weighted by atomic mass is 10.1. The normalized spacial score (nSPS) is 15.5. The van der Waals surface area contributed by atoms with Crippen LogP contribution in [0, 0.1) is 0 Å². The molecular weight excluding hydrogens is 404 g/mol. The van der Waals surface area contributed by atoms with Gasteiger partial charge in [0, 0.05) is 30.7 Å². The van der Waals surface area contributed by atoms with Crippen molar-refractivity contribution in [2.45, 2.75) is 19.3 Å². The molecule has 0 spiro atoms. The van der Waals surface area contributed by atoms with Crippen LogP contribution in [0.4, 0.5) is 0 Å². The second-order valence-corrected chi connectivity index (χ2v) is 7.73. The van der Waals surface area contributed by atoms with E-state index in [1.165, 1.54) is 0 Å². The predicted octanol–water partition coefficient (Wildman–Crippen LogP) is 3.66. The lowest BCUT2D eigenvalue weighted by Gasteiger charge is -2.26. The third kappa shape index (κ3) is 5.45. The van der Waals surface area contributed by atoms with Crippen molar-refractivity contribution in [1.82, 2.24) is 9.80 Å². The van der Waals surface area contributed by atoms with E-state index in [2.05, 4.69) is 0 Å². The van der Waals surface area contributed by atoms with E-state index in [0.717, 1.165) is 18.4 Å². The average molecular weight is 431 g/mol. The quantitative estimate of drug-likeness (QED) is 0.745. The van der Waals surface area contributed by atoms with E-state index in [-0.39, 0.29) is 18.2 Å². The second kappa shape index (κ2) is 10.3. The minimum absolute atomic E-state index is 0.0286. The van der Waals surface area contributed by atoms with Crippen LogP contribution in [0.3, 0.4) is 0 Å². The van der Waals surface area contributed by atoms with Gasteiger partial charge < -0.3 is 19.3 Å². The van der Waals surface area contributed by atoms with Crippen molar-refractivity contribution in [3.05, 3.63) is 58.6 Å². The summed E-state index contributed by atoms with van der Waals surface area (Å²) in [6.45, 7) is 1.95. The van der Waals surface area contributed by atoms with Gasteiger partial charge in [-0.05, 0) is 37.1 Å². The van der Waals surface area contributed by atoms with Crippen LogP contribution in [0.1, 0.15) is 28.8 Å². The molecule has 30 heavy (non-hydrogen) atoms. The molecule has 1 aliphatic heterocycles. The van der Waals surface area contributed by atoms with Crippen molar-refractivity contribution in [1.29, 1.82) is 0 Å². The highest BCUT2D eigenvalue weighted by Gasteiger charge is 2.21. The molecule has 0 aromatic heterocycles. The zero-order valence-corrected chi connectivity index (χ0v) is 18.2. The van der Waals surface area contributed by atoms with E-state index in [1.54, 1.807) is 37.3 Å². The van der Waals surface area contributed by atoms with Gasteiger partial charge in [0.1, 0.15) is 18.1 Å². The Balaban J connectivity index is 1.75. The summed E-state index contributed by atoms with van der Waals surface area (Å²) in [5, 5.41) is 0.486. The van der Waals surface area contributed by atoms with E-state index < -0.39 is 0 Å². The van der Waals surface area contributed by atoms with Crippen LogP contribution >= 0.6 is 11.6 Å². The number of amides is 2. The van der Waals surface area contributed by atoms with Gasteiger partial charge in [0.2, 0.25) is 5.91 Å². The number of hydrogen-bond acceptors (Lipinski definition) is 4. The van der Waals surface area contributed by atoms with Gasteiger partial charge >= 0.3 is 0 Å². The van der Waals surface area contributed by atoms with Crippen LogP contribution in [-0.2, 0) is 11.2 Å². The maximum absolute atomic E-state index is 13.0. The van der Waals surface area contributed by atoms with Gasteiger partial charge in [0.15, 0.2) is 0 Å². The van der Waals surface area contributed by atoms with Crippen LogP contribution in [0.15, 0.2) is 42.5 Å². The van der Waals surface area contributed by atoms with Crippen LogP contribution in [0.25, 0.3) is 0 Å². The van der Waals surface area contributed by atoms with Gasteiger partial charge in [-0.15, -0.1) is 0 Å². The molecule has 2 amide bonds. The average Bonchev–Trinajstić information content (AvgIpc) is 2.75. The minimum Gasteiger partial charge on any atom is -0.496 e. The first-order valence-electron chi connectivity index (χ1n) is 10.1. The van der Waals surface area contributed by atoms with Gasteiger partial charge in [-0.25, -0.2) is 0 Å². The van der Waals surface area contributed by atoms with Crippen LogP contribution in [0.2, 0.25) is 5.02 Å². The first-order chi connectivity index (χ1) is 14.5. The van der Waals surface area contributed by atoms with Crippen molar-refractivity contribution in [2.24, 2.45) is 0 Å². The van der Waals surface area contributed by atoms with Crippen molar-refractivity contribution >= 4 is 23.4 Å². The van der Waals surface area contributed by atoms with Crippen LogP contribution in [0.5, 0.6) is 11.5 Å². The number of ether oxygens (including phenoxy) is 2. The highest BCUT2D eigenvalue weighted by atomic mass is 35.5. The first-order valence-corrected chi connectivity index (χ1v) is 10.4. The third-order valence-corrected chi connectivity index (χ3v) is 5.43.